The van der Waals surface area contributed by atoms with Crippen molar-refractivity contribution in [3.63, 3.8) is 0 Å². The molecular formula is C21H36FIN4O3S. The van der Waals surface area contributed by atoms with Crippen LogP contribution in [0, 0.1) is 5.82 Å². The van der Waals surface area contributed by atoms with E-state index < -0.39 is 14.6 Å². The molecule has 1 atom stereocenters. The molecule has 1 aromatic rings. The van der Waals surface area contributed by atoms with Crippen molar-refractivity contribution >= 4 is 39.8 Å². The zero-order valence-electron chi connectivity index (χ0n) is 18.9. The van der Waals surface area contributed by atoms with E-state index in [-0.39, 0.29) is 48.1 Å². The number of nitrogens with one attached hydrogen (secondary N) is 2. The SMILES string of the molecule is CCNC(=NCC(c1ccc(F)cc1)N1CCOCC1)NCCS(=O)(=O)C(C)(C)C.I. The van der Waals surface area contributed by atoms with Crippen molar-refractivity contribution in [3.8, 4) is 0 Å². The molecule has 10 heteroatoms. The molecule has 0 bridgehead atoms. The van der Waals surface area contributed by atoms with Crippen LogP contribution in [0.2, 0.25) is 0 Å². The molecule has 0 radical (unpaired) electrons. The molecule has 178 valence electrons. The molecule has 0 aromatic heterocycles. The molecule has 0 amide bonds. The first-order valence-corrected chi connectivity index (χ1v) is 12.1. The minimum Gasteiger partial charge on any atom is -0.379 e. The highest BCUT2D eigenvalue weighted by Gasteiger charge is 2.28. The van der Waals surface area contributed by atoms with E-state index in [0.717, 1.165) is 18.7 Å². The summed E-state index contributed by atoms with van der Waals surface area (Å²) in [6, 6.07) is 6.51. The summed E-state index contributed by atoms with van der Waals surface area (Å²) in [5.74, 6) is 0.339. The number of halogens is 2. The summed E-state index contributed by atoms with van der Waals surface area (Å²) in [4.78, 5) is 6.98. The molecule has 2 N–H and O–H groups in total. The van der Waals surface area contributed by atoms with Crippen LogP contribution in [-0.2, 0) is 14.6 Å². The number of aliphatic imine (C=N–C) groups is 1. The predicted octanol–water partition coefficient (Wildman–Crippen LogP) is 2.59. The number of rotatable bonds is 8. The van der Waals surface area contributed by atoms with E-state index in [1.807, 2.05) is 6.92 Å². The monoisotopic (exact) mass is 570 g/mol. The third-order valence-electron chi connectivity index (χ3n) is 5.10. The Morgan fingerprint density at radius 2 is 1.81 bits per heavy atom. The molecule has 7 nitrogen and oxygen atoms in total. The van der Waals surface area contributed by atoms with Crippen molar-refractivity contribution in [2.24, 2.45) is 4.99 Å². The second kappa shape index (κ2) is 12.9. The lowest BCUT2D eigenvalue weighted by Gasteiger charge is -2.34. The smallest absolute Gasteiger partial charge is 0.191 e. The van der Waals surface area contributed by atoms with Gasteiger partial charge in [0, 0.05) is 26.2 Å². The summed E-state index contributed by atoms with van der Waals surface area (Å²) in [5.41, 5.74) is 0.994. The van der Waals surface area contributed by atoms with Gasteiger partial charge in [0.05, 0.1) is 36.3 Å². The molecule has 2 rings (SSSR count). The Labute approximate surface area is 203 Å². The number of morpholine rings is 1. The average molecular weight is 571 g/mol. The van der Waals surface area contributed by atoms with Crippen LogP contribution < -0.4 is 10.6 Å². The van der Waals surface area contributed by atoms with Gasteiger partial charge in [0.2, 0.25) is 0 Å². The fourth-order valence-electron chi connectivity index (χ4n) is 3.14. The molecular weight excluding hydrogens is 534 g/mol. The van der Waals surface area contributed by atoms with Crippen LogP contribution in [0.15, 0.2) is 29.3 Å². The van der Waals surface area contributed by atoms with Crippen molar-refractivity contribution in [2.75, 3.05) is 51.7 Å². The molecule has 0 aliphatic carbocycles. The lowest BCUT2D eigenvalue weighted by molar-refractivity contribution is 0.0179. The van der Waals surface area contributed by atoms with E-state index in [1.54, 1.807) is 32.9 Å². The van der Waals surface area contributed by atoms with Gasteiger partial charge in [-0.3, -0.25) is 9.89 Å². The van der Waals surface area contributed by atoms with Crippen molar-refractivity contribution in [1.82, 2.24) is 15.5 Å². The number of sulfone groups is 1. The maximum absolute atomic E-state index is 13.4. The second-order valence-corrected chi connectivity index (χ2v) is 11.2. The Kier molecular flexibility index (Phi) is 11.7. The van der Waals surface area contributed by atoms with E-state index in [0.29, 0.717) is 32.3 Å². The van der Waals surface area contributed by atoms with Gasteiger partial charge < -0.3 is 15.4 Å². The average Bonchev–Trinajstić information content (AvgIpc) is 2.69. The molecule has 1 heterocycles. The van der Waals surface area contributed by atoms with Crippen LogP contribution in [0.4, 0.5) is 4.39 Å². The highest BCUT2D eigenvalue weighted by molar-refractivity contribution is 14.0. The van der Waals surface area contributed by atoms with E-state index in [1.165, 1.54) is 12.1 Å². The lowest BCUT2D eigenvalue weighted by atomic mass is 10.0. The Morgan fingerprint density at radius 1 is 1.19 bits per heavy atom. The fraction of sp³-hybridized carbons (Fsp3) is 0.667. The van der Waals surface area contributed by atoms with Crippen LogP contribution >= 0.6 is 24.0 Å². The molecule has 31 heavy (non-hydrogen) atoms. The summed E-state index contributed by atoms with van der Waals surface area (Å²) in [6.07, 6.45) is 0. The van der Waals surface area contributed by atoms with Gasteiger partial charge in [-0.25, -0.2) is 12.8 Å². The number of nitrogens with zero attached hydrogens (tertiary/aromatic N) is 2. The van der Waals surface area contributed by atoms with E-state index in [4.69, 9.17) is 9.73 Å². The molecule has 1 saturated heterocycles. The summed E-state index contributed by atoms with van der Waals surface area (Å²) in [6.45, 7) is 11.4. The maximum Gasteiger partial charge on any atom is 0.191 e. The molecule has 0 saturated carbocycles. The number of guanidine groups is 1. The van der Waals surface area contributed by atoms with E-state index >= 15 is 0 Å². The Bertz CT molecular complexity index is 792. The minimum atomic E-state index is -3.21. The Hall–Kier alpha value is -0.980. The number of hydrogen-bond acceptors (Lipinski definition) is 5. The first-order chi connectivity index (χ1) is 14.1. The van der Waals surface area contributed by atoms with Crippen molar-refractivity contribution < 1.29 is 17.5 Å². The zero-order valence-corrected chi connectivity index (χ0v) is 22.0. The number of hydrogen-bond donors (Lipinski definition) is 2. The van der Waals surface area contributed by atoms with Crippen molar-refractivity contribution in [3.05, 3.63) is 35.6 Å². The van der Waals surface area contributed by atoms with Gasteiger partial charge >= 0.3 is 0 Å². The van der Waals surface area contributed by atoms with Crippen molar-refractivity contribution in [2.45, 2.75) is 38.5 Å². The molecule has 1 unspecified atom stereocenters. The highest BCUT2D eigenvalue weighted by atomic mass is 127. The lowest BCUT2D eigenvalue weighted by Crippen LogP contribution is -2.43. The largest absolute Gasteiger partial charge is 0.379 e. The van der Waals surface area contributed by atoms with Crippen LogP contribution in [0.5, 0.6) is 0 Å². The summed E-state index contributed by atoms with van der Waals surface area (Å²) < 4.78 is 42.7. The number of ether oxygens (including phenoxy) is 1. The maximum atomic E-state index is 13.4. The normalized spacial score (nSPS) is 17.0. The Balaban J connectivity index is 0.00000480. The van der Waals surface area contributed by atoms with Gasteiger partial charge in [-0.2, -0.15) is 0 Å². The van der Waals surface area contributed by atoms with E-state index in [2.05, 4.69) is 15.5 Å². The molecule has 1 aromatic carbocycles. The Morgan fingerprint density at radius 3 is 2.35 bits per heavy atom. The second-order valence-electron chi connectivity index (χ2n) is 8.29. The molecule has 1 fully saturated rings. The summed E-state index contributed by atoms with van der Waals surface area (Å²) in [5, 5.41) is 6.29. The van der Waals surface area contributed by atoms with Crippen LogP contribution in [0.1, 0.15) is 39.3 Å². The van der Waals surface area contributed by atoms with Crippen LogP contribution in [-0.4, -0.2) is 75.7 Å². The molecule has 1 aliphatic rings. The van der Waals surface area contributed by atoms with Gasteiger partial charge in [-0.05, 0) is 45.4 Å². The fourth-order valence-corrected chi connectivity index (χ4v) is 4.12. The highest BCUT2D eigenvalue weighted by Crippen LogP contribution is 2.23. The first kappa shape index (κ1) is 28.1. The van der Waals surface area contributed by atoms with Crippen molar-refractivity contribution in [1.29, 1.82) is 0 Å². The first-order valence-electron chi connectivity index (χ1n) is 10.5. The zero-order chi connectivity index (χ0) is 22.2. The van der Waals surface area contributed by atoms with E-state index in [9.17, 15) is 12.8 Å². The molecule has 0 spiro atoms. The third kappa shape index (κ3) is 8.82. The van der Waals surface area contributed by atoms with Gasteiger partial charge in [0.15, 0.2) is 15.8 Å². The van der Waals surface area contributed by atoms with Crippen LogP contribution in [0.3, 0.4) is 0 Å². The van der Waals surface area contributed by atoms with Crippen LogP contribution in [0.25, 0.3) is 0 Å². The minimum absolute atomic E-state index is 0. The third-order valence-corrected chi connectivity index (χ3v) is 7.71. The predicted molar refractivity (Wildman–Crippen MR) is 134 cm³/mol. The molecule has 1 aliphatic heterocycles. The summed E-state index contributed by atoms with van der Waals surface area (Å²) in [7, 11) is -3.21. The summed E-state index contributed by atoms with van der Waals surface area (Å²) >= 11 is 0. The van der Waals surface area contributed by atoms with Gasteiger partial charge in [-0.15, -0.1) is 24.0 Å². The van der Waals surface area contributed by atoms with Gasteiger partial charge in [-0.1, -0.05) is 12.1 Å². The number of benzene rings is 1. The standard InChI is InChI=1S/C21H35FN4O3S.HI/c1-5-23-20(24-10-15-30(27,28)21(2,3)4)25-16-19(26-11-13-29-14-12-26)17-6-8-18(22)9-7-17;/h6-9,19H,5,10-16H2,1-4H3,(H2,23,24,25);1H. The van der Waals surface area contributed by atoms with Gasteiger partial charge in [0.1, 0.15) is 5.82 Å². The van der Waals surface area contributed by atoms with Gasteiger partial charge in [0.25, 0.3) is 0 Å². The topological polar surface area (TPSA) is 83.0 Å². The quantitative estimate of drug-likeness (QED) is 0.284.